The van der Waals surface area contributed by atoms with Crippen LogP contribution in [0.15, 0.2) is 23.2 Å². The minimum atomic E-state index is 0.0310. The molecule has 4 N–H and O–H groups in total. The fraction of sp³-hybridized carbons (Fsp3) is 0.533. The number of rotatable bonds is 3. The molecule has 0 amide bonds. The molecule has 0 saturated heterocycles. The lowest BCUT2D eigenvalue weighted by Crippen LogP contribution is -2.34. The van der Waals surface area contributed by atoms with Crippen molar-refractivity contribution in [1.29, 1.82) is 0 Å². The van der Waals surface area contributed by atoms with Crippen LogP contribution >= 0.6 is 0 Å². The lowest BCUT2D eigenvalue weighted by atomic mass is 9.69. The predicted molar refractivity (Wildman–Crippen MR) is 78.0 cm³/mol. The normalized spacial score (nSPS) is 19.6. The van der Waals surface area contributed by atoms with E-state index < -0.39 is 0 Å². The van der Waals surface area contributed by atoms with E-state index in [1.54, 1.807) is 0 Å². The summed E-state index contributed by atoms with van der Waals surface area (Å²) in [5.74, 6) is 1.81. The van der Waals surface area contributed by atoms with Crippen LogP contribution in [0.1, 0.15) is 37.7 Å². The summed E-state index contributed by atoms with van der Waals surface area (Å²) in [6.45, 7) is 0.953. The summed E-state index contributed by atoms with van der Waals surface area (Å²) in [5, 5.41) is 0. The molecule has 2 aliphatic rings. The Kier molecular flexibility index (Phi) is 3.42. The Labute approximate surface area is 119 Å². The van der Waals surface area contributed by atoms with E-state index in [0.29, 0.717) is 13.3 Å². The highest BCUT2D eigenvalue weighted by Crippen LogP contribution is 2.43. The number of ether oxygens (including phenoxy) is 2. The van der Waals surface area contributed by atoms with Crippen LogP contribution in [0.25, 0.3) is 0 Å². The molecular formula is C15H21N3O2. The van der Waals surface area contributed by atoms with E-state index in [9.17, 15) is 0 Å². The van der Waals surface area contributed by atoms with Crippen LogP contribution in [0.3, 0.4) is 0 Å². The van der Waals surface area contributed by atoms with E-state index in [-0.39, 0.29) is 11.4 Å². The predicted octanol–water partition coefficient (Wildman–Crippen LogP) is 1.89. The molecule has 0 atom stereocenters. The first-order chi connectivity index (χ1) is 9.70. The molecule has 0 bridgehead atoms. The Balaban J connectivity index is 1.94. The van der Waals surface area contributed by atoms with Crippen molar-refractivity contribution in [3.63, 3.8) is 0 Å². The van der Waals surface area contributed by atoms with E-state index in [1.165, 1.54) is 24.8 Å². The van der Waals surface area contributed by atoms with Gasteiger partial charge in [-0.2, -0.15) is 0 Å². The minimum absolute atomic E-state index is 0.0310. The molecule has 1 heterocycles. The van der Waals surface area contributed by atoms with Gasteiger partial charge in [0.2, 0.25) is 6.79 Å². The molecule has 1 aliphatic heterocycles. The number of hydrogen-bond donors (Lipinski definition) is 2. The van der Waals surface area contributed by atoms with Crippen LogP contribution in [-0.4, -0.2) is 19.3 Å². The van der Waals surface area contributed by atoms with Crippen molar-refractivity contribution in [2.45, 2.75) is 37.5 Å². The summed E-state index contributed by atoms with van der Waals surface area (Å²) in [6.07, 6.45) is 5.95. The van der Waals surface area contributed by atoms with Gasteiger partial charge in [-0.15, -0.1) is 0 Å². The SMILES string of the molecule is NC(N)=NCC1(c2ccc3c(c2)OCO3)CCCCC1. The summed E-state index contributed by atoms with van der Waals surface area (Å²) in [5.41, 5.74) is 12.3. The zero-order valence-corrected chi connectivity index (χ0v) is 11.6. The number of guanidine groups is 1. The van der Waals surface area contributed by atoms with Gasteiger partial charge in [0.15, 0.2) is 17.5 Å². The molecule has 0 unspecified atom stereocenters. The number of fused-ring (bicyclic) bond motifs is 1. The summed E-state index contributed by atoms with van der Waals surface area (Å²) in [4.78, 5) is 4.29. The monoisotopic (exact) mass is 275 g/mol. The number of hydrogen-bond acceptors (Lipinski definition) is 3. The molecule has 0 spiro atoms. The van der Waals surface area contributed by atoms with Crippen LogP contribution in [0.2, 0.25) is 0 Å². The average molecular weight is 275 g/mol. The standard InChI is InChI=1S/C15H21N3O2/c16-14(17)18-9-15(6-2-1-3-7-15)11-4-5-12-13(8-11)20-10-19-12/h4-5,8H,1-3,6-7,9-10H2,(H4,16,17,18). The van der Waals surface area contributed by atoms with Gasteiger partial charge in [-0.1, -0.05) is 25.3 Å². The minimum Gasteiger partial charge on any atom is -0.454 e. The Hall–Kier alpha value is -1.91. The van der Waals surface area contributed by atoms with Crippen molar-refractivity contribution in [3.8, 4) is 11.5 Å². The summed E-state index contributed by atoms with van der Waals surface area (Å²) in [7, 11) is 0. The van der Waals surface area contributed by atoms with Crippen molar-refractivity contribution >= 4 is 5.96 Å². The number of benzene rings is 1. The van der Waals surface area contributed by atoms with Crippen molar-refractivity contribution in [2.75, 3.05) is 13.3 Å². The van der Waals surface area contributed by atoms with Crippen LogP contribution in [-0.2, 0) is 5.41 Å². The molecule has 1 aliphatic carbocycles. The number of nitrogens with two attached hydrogens (primary N) is 2. The summed E-state index contributed by atoms with van der Waals surface area (Å²) < 4.78 is 10.9. The van der Waals surface area contributed by atoms with E-state index in [2.05, 4.69) is 17.1 Å². The van der Waals surface area contributed by atoms with Crippen molar-refractivity contribution < 1.29 is 9.47 Å². The van der Waals surface area contributed by atoms with Gasteiger partial charge in [-0.05, 0) is 30.5 Å². The molecule has 5 nitrogen and oxygen atoms in total. The summed E-state index contributed by atoms with van der Waals surface area (Å²) in [6, 6.07) is 6.21. The zero-order chi connectivity index (χ0) is 14.0. The first-order valence-electron chi connectivity index (χ1n) is 7.15. The summed E-state index contributed by atoms with van der Waals surface area (Å²) >= 11 is 0. The quantitative estimate of drug-likeness (QED) is 0.652. The van der Waals surface area contributed by atoms with Gasteiger partial charge in [0.25, 0.3) is 0 Å². The largest absolute Gasteiger partial charge is 0.454 e. The molecule has 108 valence electrons. The molecule has 1 fully saturated rings. The maximum absolute atomic E-state index is 5.52. The molecule has 1 saturated carbocycles. The lowest BCUT2D eigenvalue weighted by molar-refractivity contribution is 0.174. The molecule has 0 radical (unpaired) electrons. The number of nitrogens with zero attached hydrogens (tertiary/aromatic N) is 1. The first-order valence-corrected chi connectivity index (χ1v) is 7.15. The molecule has 5 heteroatoms. The molecule has 1 aromatic rings. The fourth-order valence-corrected chi connectivity index (χ4v) is 3.24. The van der Waals surface area contributed by atoms with Gasteiger partial charge in [-0.3, -0.25) is 4.99 Å². The second-order valence-electron chi connectivity index (χ2n) is 5.65. The maximum atomic E-state index is 5.52. The van der Waals surface area contributed by atoms with E-state index in [1.807, 2.05) is 6.07 Å². The highest BCUT2D eigenvalue weighted by atomic mass is 16.7. The van der Waals surface area contributed by atoms with Gasteiger partial charge in [0, 0.05) is 5.41 Å². The molecule has 3 rings (SSSR count). The highest BCUT2D eigenvalue weighted by molar-refractivity contribution is 5.75. The second-order valence-corrected chi connectivity index (χ2v) is 5.65. The maximum Gasteiger partial charge on any atom is 0.231 e. The molecule has 1 aromatic carbocycles. The Morgan fingerprint density at radius 3 is 2.60 bits per heavy atom. The van der Waals surface area contributed by atoms with E-state index >= 15 is 0 Å². The third-order valence-electron chi connectivity index (χ3n) is 4.36. The Morgan fingerprint density at radius 2 is 1.85 bits per heavy atom. The zero-order valence-electron chi connectivity index (χ0n) is 11.6. The molecule has 0 aromatic heterocycles. The van der Waals surface area contributed by atoms with E-state index in [4.69, 9.17) is 20.9 Å². The van der Waals surface area contributed by atoms with Crippen molar-refractivity contribution in [1.82, 2.24) is 0 Å². The van der Waals surface area contributed by atoms with E-state index in [0.717, 1.165) is 24.3 Å². The topological polar surface area (TPSA) is 82.9 Å². The van der Waals surface area contributed by atoms with Crippen molar-refractivity contribution in [2.24, 2.45) is 16.5 Å². The lowest BCUT2D eigenvalue weighted by Gasteiger charge is -2.36. The Bertz CT molecular complexity index is 518. The van der Waals surface area contributed by atoms with Crippen molar-refractivity contribution in [3.05, 3.63) is 23.8 Å². The van der Waals surface area contributed by atoms with Gasteiger partial charge in [-0.25, -0.2) is 0 Å². The van der Waals surface area contributed by atoms with Gasteiger partial charge < -0.3 is 20.9 Å². The smallest absolute Gasteiger partial charge is 0.231 e. The van der Waals surface area contributed by atoms with Crippen LogP contribution in [0.4, 0.5) is 0 Å². The number of aliphatic imine (C=N–C) groups is 1. The third-order valence-corrected chi connectivity index (χ3v) is 4.36. The first kappa shape index (κ1) is 13.1. The van der Waals surface area contributed by atoms with Crippen LogP contribution in [0.5, 0.6) is 11.5 Å². The van der Waals surface area contributed by atoms with Gasteiger partial charge >= 0.3 is 0 Å². The van der Waals surface area contributed by atoms with Gasteiger partial charge in [0.05, 0.1) is 6.54 Å². The van der Waals surface area contributed by atoms with Gasteiger partial charge in [0.1, 0.15) is 0 Å². The second kappa shape index (κ2) is 5.23. The van der Waals surface area contributed by atoms with Crippen LogP contribution < -0.4 is 20.9 Å². The third kappa shape index (κ3) is 2.40. The molecule has 20 heavy (non-hydrogen) atoms. The average Bonchev–Trinajstić information content (AvgIpc) is 2.93. The highest BCUT2D eigenvalue weighted by Gasteiger charge is 2.35. The molecular weight excluding hydrogens is 254 g/mol. The fourth-order valence-electron chi connectivity index (χ4n) is 3.24. The van der Waals surface area contributed by atoms with Crippen LogP contribution in [0, 0.1) is 0 Å². The Morgan fingerprint density at radius 1 is 1.10 bits per heavy atom.